The van der Waals surface area contributed by atoms with E-state index in [0.717, 1.165) is 0 Å². The Morgan fingerprint density at radius 3 is 3.00 bits per heavy atom. The molecule has 15 heavy (non-hydrogen) atoms. The fraction of sp³-hybridized carbons (Fsp3) is 0.538. The Kier molecular flexibility index (Phi) is 2.18. The van der Waals surface area contributed by atoms with Crippen molar-refractivity contribution in [3.63, 3.8) is 0 Å². The molecule has 1 fully saturated rings. The number of halogens is 1. The van der Waals surface area contributed by atoms with E-state index in [1.54, 1.807) is 0 Å². The van der Waals surface area contributed by atoms with Gasteiger partial charge < -0.3 is 5.11 Å². The molecule has 2 aliphatic carbocycles. The predicted octanol–water partition coefficient (Wildman–Crippen LogP) is 2.94. The van der Waals surface area contributed by atoms with Gasteiger partial charge in [0.1, 0.15) is 0 Å². The lowest BCUT2D eigenvalue weighted by Gasteiger charge is -2.25. The molecule has 1 N–H and O–H groups in total. The van der Waals surface area contributed by atoms with E-state index >= 15 is 0 Å². The van der Waals surface area contributed by atoms with Gasteiger partial charge in [-0.3, -0.25) is 0 Å². The molecule has 1 aromatic rings. The van der Waals surface area contributed by atoms with E-state index in [4.69, 9.17) is 0 Å². The number of aliphatic hydroxyl groups excluding tert-OH is 1. The molecule has 1 spiro atoms. The quantitative estimate of drug-likeness (QED) is 0.829. The Morgan fingerprint density at radius 1 is 1.40 bits per heavy atom. The van der Waals surface area contributed by atoms with Gasteiger partial charge in [0.25, 0.3) is 0 Å². The summed E-state index contributed by atoms with van der Waals surface area (Å²) in [5.41, 5.74) is 3.47. The number of aryl methyl sites for hydroxylation is 1. The van der Waals surface area contributed by atoms with Gasteiger partial charge >= 0.3 is 0 Å². The lowest BCUT2D eigenvalue weighted by Crippen LogP contribution is -2.18. The van der Waals surface area contributed by atoms with Gasteiger partial charge in [0.05, 0.1) is 0 Å². The number of hydrogen-bond donors (Lipinski definition) is 1. The Labute approximate surface area is 98.6 Å². The molecule has 0 aliphatic heterocycles. The topological polar surface area (TPSA) is 20.2 Å². The summed E-state index contributed by atoms with van der Waals surface area (Å²) in [5.74, 6) is 0.578. The van der Waals surface area contributed by atoms with Crippen LogP contribution in [0.25, 0.3) is 0 Å². The second kappa shape index (κ2) is 3.33. The van der Waals surface area contributed by atoms with Crippen LogP contribution in [0.3, 0.4) is 0 Å². The van der Waals surface area contributed by atoms with Crippen LogP contribution in [0.5, 0.6) is 0 Å². The lowest BCUT2D eigenvalue weighted by atomic mass is 9.80. The summed E-state index contributed by atoms with van der Waals surface area (Å²) in [7, 11) is 0. The zero-order valence-electron chi connectivity index (χ0n) is 8.67. The highest BCUT2D eigenvalue weighted by Gasteiger charge is 2.54. The van der Waals surface area contributed by atoms with Crippen molar-refractivity contribution in [3.05, 3.63) is 33.8 Å². The molecule has 3 rings (SSSR count). The maximum absolute atomic E-state index is 9.21. The third-order valence-electron chi connectivity index (χ3n) is 4.18. The zero-order chi connectivity index (χ0) is 10.5. The highest BCUT2D eigenvalue weighted by atomic mass is 79.9. The molecule has 2 aliphatic rings. The average Bonchev–Trinajstić information content (AvgIpc) is 2.92. The molecular weight excluding hydrogens is 252 g/mol. The molecule has 80 valence electrons. The van der Waals surface area contributed by atoms with Crippen molar-refractivity contribution in [1.29, 1.82) is 0 Å². The van der Waals surface area contributed by atoms with Gasteiger partial charge in [0.2, 0.25) is 0 Å². The van der Waals surface area contributed by atoms with E-state index in [9.17, 15) is 5.11 Å². The molecule has 0 amide bonds. The molecule has 0 radical (unpaired) electrons. The second-order valence-corrected chi connectivity index (χ2v) is 5.95. The van der Waals surface area contributed by atoms with Crippen molar-refractivity contribution in [2.45, 2.75) is 25.7 Å². The van der Waals surface area contributed by atoms with Crippen molar-refractivity contribution in [2.24, 2.45) is 11.3 Å². The third-order valence-corrected chi connectivity index (χ3v) is 4.68. The first-order valence-corrected chi connectivity index (χ1v) is 6.41. The largest absolute Gasteiger partial charge is 0.396 e. The molecule has 1 saturated carbocycles. The monoisotopic (exact) mass is 266 g/mol. The molecule has 0 bridgehead atoms. The van der Waals surface area contributed by atoms with E-state index in [-0.39, 0.29) is 0 Å². The minimum absolute atomic E-state index is 0.381. The van der Waals surface area contributed by atoms with E-state index in [1.807, 2.05) is 0 Å². The Bertz CT molecular complexity index is 402. The molecule has 2 atom stereocenters. The van der Waals surface area contributed by atoms with Crippen molar-refractivity contribution in [3.8, 4) is 0 Å². The van der Waals surface area contributed by atoms with Crippen molar-refractivity contribution >= 4 is 15.9 Å². The molecule has 0 heterocycles. The summed E-state index contributed by atoms with van der Waals surface area (Å²) >= 11 is 3.52. The van der Waals surface area contributed by atoms with Crippen molar-refractivity contribution in [2.75, 3.05) is 6.61 Å². The normalized spacial score (nSPS) is 32.8. The van der Waals surface area contributed by atoms with Crippen LogP contribution in [-0.4, -0.2) is 11.7 Å². The van der Waals surface area contributed by atoms with Crippen molar-refractivity contribution < 1.29 is 5.11 Å². The van der Waals surface area contributed by atoms with Crippen LogP contribution in [0.2, 0.25) is 0 Å². The third kappa shape index (κ3) is 1.55. The Balaban J connectivity index is 1.88. The number of hydrogen-bond acceptors (Lipinski definition) is 1. The summed E-state index contributed by atoms with van der Waals surface area (Å²) in [5, 5.41) is 9.21. The summed E-state index contributed by atoms with van der Waals surface area (Å²) in [6.45, 7) is 0.381. The SMILES string of the molecule is OCC1CC12CCc1cc(Br)ccc1C2. The highest BCUT2D eigenvalue weighted by Crippen LogP contribution is 2.59. The van der Waals surface area contributed by atoms with Crippen LogP contribution in [-0.2, 0) is 12.8 Å². The van der Waals surface area contributed by atoms with Crippen LogP contribution in [0, 0.1) is 11.3 Å². The molecule has 1 aromatic carbocycles. The zero-order valence-corrected chi connectivity index (χ0v) is 10.3. The summed E-state index contributed by atoms with van der Waals surface area (Å²) < 4.78 is 1.19. The first-order valence-electron chi connectivity index (χ1n) is 5.62. The molecule has 1 nitrogen and oxygen atoms in total. The first-order chi connectivity index (χ1) is 7.23. The lowest BCUT2D eigenvalue weighted by molar-refractivity contribution is 0.240. The van der Waals surface area contributed by atoms with Crippen LogP contribution < -0.4 is 0 Å². The van der Waals surface area contributed by atoms with Gasteiger partial charge in [-0.25, -0.2) is 0 Å². The predicted molar refractivity (Wildman–Crippen MR) is 63.8 cm³/mol. The van der Waals surface area contributed by atoms with E-state index in [1.165, 1.54) is 41.3 Å². The number of aliphatic hydroxyl groups is 1. The fourth-order valence-corrected chi connectivity index (χ4v) is 3.47. The standard InChI is InChI=1S/C13H15BrO/c14-12-2-1-10-6-13(7-11(13)8-15)4-3-9(10)5-12/h1-2,5,11,15H,3-4,6-8H2. The molecule has 0 saturated heterocycles. The average molecular weight is 267 g/mol. The second-order valence-electron chi connectivity index (χ2n) is 5.04. The van der Waals surface area contributed by atoms with Crippen LogP contribution in [0.4, 0.5) is 0 Å². The van der Waals surface area contributed by atoms with Crippen molar-refractivity contribution in [1.82, 2.24) is 0 Å². The van der Waals surface area contributed by atoms with Gasteiger partial charge in [0.15, 0.2) is 0 Å². The highest BCUT2D eigenvalue weighted by molar-refractivity contribution is 9.10. The first kappa shape index (κ1) is 9.86. The summed E-state index contributed by atoms with van der Waals surface area (Å²) in [6, 6.07) is 6.62. The van der Waals surface area contributed by atoms with Crippen LogP contribution >= 0.6 is 15.9 Å². The van der Waals surface area contributed by atoms with Gasteiger partial charge in [0, 0.05) is 11.1 Å². The molecular formula is C13H15BrO. The van der Waals surface area contributed by atoms with E-state index in [2.05, 4.69) is 34.1 Å². The summed E-state index contributed by atoms with van der Waals surface area (Å²) in [6.07, 6.45) is 4.87. The number of benzene rings is 1. The van der Waals surface area contributed by atoms with Gasteiger partial charge in [-0.2, -0.15) is 0 Å². The Hall–Kier alpha value is -0.340. The smallest absolute Gasteiger partial charge is 0.0464 e. The van der Waals surface area contributed by atoms with E-state index < -0.39 is 0 Å². The minimum Gasteiger partial charge on any atom is -0.396 e. The fourth-order valence-electron chi connectivity index (χ4n) is 3.06. The van der Waals surface area contributed by atoms with Crippen LogP contribution in [0.15, 0.2) is 22.7 Å². The summed E-state index contributed by atoms with van der Waals surface area (Å²) in [4.78, 5) is 0. The number of fused-ring (bicyclic) bond motifs is 1. The van der Waals surface area contributed by atoms with E-state index in [0.29, 0.717) is 17.9 Å². The number of rotatable bonds is 1. The van der Waals surface area contributed by atoms with Crippen LogP contribution in [0.1, 0.15) is 24.0 Å². The van der Waals surface area contributed by atoms with Gasteiger partial charge in [-0.1, -0.05) is 22.0 Å². The minimum atomic E-state index is 0.381. The van der Waals surface area contributed by atoms with Gasteiger partial charge in [-0.05, 0) is 60.3 Å². The van der Waals surface area contributed by atoms with Gasteiger partial charge in [-0.15, -0.1) is 0 Å². The Morgan fingerprint density at radius 2 is 2.27 bits per heavy atom. The maximum atomic E-state index is 9.21. The maximum Gasteiger partial charge on any atom is 0.0464 e. The molecule has 2 heteroatoms. The molecule has 0 aromatic heterocycles. The molecule has 2 unspecified atom stereocenters.